The van der Waals surface area contributed by atoms with Crippen molar-refractivity contribution < 1.29 is 14.4 Å². The van der Waals surface area contributed by atoms with Gasteiger partial charge in [-0.15, -0.1) is 11.3 Å². The zero-order chi connectivity index (χ0) is 16.7. The van der Waals surface area contributed by atoms with Gasteiger partial charge in [-0.3, -0.25) is 19.4 Å². The van der Waals surface area contributed by atoms with Crippen LogP contribution in [0.3, 0.4) is 0 Å². The van der Waals surface area contributed by atoms with E-state index in [0.717, 1.165) is 11.1 Å². The molecule has 0 spiro atoms. The summed E-state index contributed by atoms with van der Waals surface area (Å²) in [5.74, 6) is -0.918. The summed E-state index contributed by atoms with van der Waals surface area (Å²) in [5, 5.41) is 4.93. The Morgan fingerprint density at radius 3 is 2.78 bits per heavy atom. The van der Waals surface area contributed by atoms with Crippen molar-refractivity contribution >= 4 is 40.0 Å². The molecule has 1 N–H and O–H groups in total. The van der Waals surface area contributed by atoms with Crippen LogP contribution in [0.15, 0.2) is 48.0 Å². The van der Waals surface area contributed by atoms with Crippen molar-refractivity contribution in [2.45, 2.75) is 0 Å². The number of hydrogen-bond acceptors (Lipinski definition) is 5. The van der Waals surface area contributed by atoms with Crippen LogP contribution in [0.5, 0.6) is 0 Å². The van der Waals surface area contributed by atoms with E-state index in [0.29, 0.717) is 5.69 Å². The van der Waals surface area contributed by atoms with E-state index in [4.69, 9.17) is 0 Å². The second kappa shape index (κ2) is 8.00. The first-order valence-corrected chi connectivity index (χ1v) is 7.59. The fraction of sp³-hybridized carbons (Fsp3) is 0.125. The Bertz CT molecular complexity index is 711. The van der Waals surface area contributed by atoms with Gasteiger partial charge in [-0.1, -0.05) is 6.07 Å². The number of carbonyl (C=O) groups excluding carboxylic acids is 3. The van der Waals surface area contributed by atoms with E-state index in [-0.39, 0.29) is 18.0 Å². The molecule has 2 rings (SSSR count). The highest BCUT2D eigenvalue weighted by atomic mass is 32.1. The molecule has 2 amide bonds. The lowest BCUT2D eigenvalue weighted by atomic mass is 10.1. The maximum atomic E-state index is 12.7. The molecule has 1 radical (unpaired) electrons. The largest absolute Gasteiger partial charge is 0.345 e. The van der Waals surface area contributed by atoms with Crippen LogP contribution in [0, 0.1) is 0 Å². The molecule has 23 heavy (non-hydrogen) atoms. The Labute approximate surface area is 137 Å². The maximum absolute atomic E-state index is 12.7. The molecule has 0 fully saturated rings. The van der Waals surface area contributed by atoms with Gasteiger partial charge in [0.25, 0.3) is 5.91 Å². The predicted molar refractivity (Wildman–Crippen MR) is 88.6 cm³/mol. The Morgan fingerprint density at radius 1 is 1.35 bits per heavy atom. The molecular formula is C16H14N3O3S. The van der Waals surface area contributed by atoms with Gasteiger partial charge in [-0.05, 0) is 29.6 Å². The minimum atomic E-state index is -0.554. The summed E-state index contributed by atoms with van der Waals surface area (Å²) in [6, 6.07) is 8.73. The number of rotatable bonds is 6. The highest BCUT2D eigenvalue weighted by Gasteiger charge is 2.20. The van der Waals surface area contributed by atoms with E-state index in [9.17, 15) is 14.4 Å². The molecule has 2 heterocycles. The molecule has 6 nitrogen and oxygen atoms in total. The van der Waals surface area contributed by atoms with Crippen LogP contribution in [0.25, 0.3) is 5.57 Å². The van der Waals surface area contributed by atoms with Gasteiger partial charge in [-0.2, -0.15) is 0 Å². The predicted octanol–water partition coefficient (Wildman–Crippen LogP) is 1.42. The lowest BCUT2D eigenvalue weighted by Gasteiger charge is -2.17. The Kier molecular flexibility index (Phi) is 5.76. The highest BCUT2D eigenvalue weighted by Crippen LogP contribution is 2.24. The van der Waals surface area contributed by atoms with Crippen molar-refractivity contribution in [1.29, 1.82) is 0 Å². The first kappa shape index (κ1) is 16.6. The molecule has 0 unspecified atom stereocenters. The van der Waals surface area contributed by atoms with Gasteiger partial charge in [0.15, 0.2) is 0 Å². The van der Waals surface area contributed by atoms with Crippen molar-refractivity contribution in [2.24, 2.45) is 0 Å². The van der Waals surface area contributed by atoms with Crippen LogP contribution in [0.4, 0.5) is 5.00 Å². The fourth-order valence-corrected chi connectivity index (χ4v) is 2.51. The summed E-state index contributed by atoms with van der Waals surface area (Å²) in [6.45, 7) is -0.236. The quantitative estimate of drug-likeness (QED) is 0.813. The Hall–Kier alpha value is -2.80. The maximum Gasteiger partial charge on any atom is 0.261 e. The van der Waals surface area contributed by atoms with Gasteiger partial charge >= 0.3 is 0 Å². The molecule has 0 aliphatic carbocycles. The van der Waals surface area contributed by atoms with Gasteiger partial charge in [0.2, 0.25) is 12.2 Å². The van der Waals surface area contributed by atoms with Crippen molar-refractivity contribution in [3.8, 4) is 0 Å². The molecule has 0 saturated carbocycles. The Morgan fingerprint density at radius 2 is 2.17 bits per heavy atom. The van der Waals surface area contributed by atoms with Crippen LogP contribution in [0.2, 0.25) is 0 Å². The third-order valence-corrected chi connectivity index (χ3v) is 3.87. The number of nitrogens with zero attached hydrogens (tertiary/aromatic N) is 2. The molecule has 2 aromatic heterocycles. The number of hydrogen-bond donors (Lipinski definition) is 1. The van der Waals surface area contributed by atoms with Crippen LogP contribution < -0.4 is 10.2 Å². The summed E-state index contributed by atoms with van der Waals surface area (Å²) in [5.41, 5.74) is 0.524. The van der Waals surface area contributed by atoms with E-state index in [1.165, 1.54) is 16.2 Å². The molecule has 0 atom stereocenters. The summed E-state index contributed by atoms with van der Waals surface area (Å²) in [7, 11) is 1.63. The van der Waals surface area contributed by atoms with E-state index in [2.05, 4.69) is 10.3 Å². The number of aromatic nitrogens is 1. The van der Waals surface area contributed by atoms with E-state index >= 15 is 0 Å². The SMILES string of the molecule is CN(C(=O)C(=CC(=O)NC[C]=O)c1ccccn1)c1cccs1. The van der Waals surface area contributed by atoms with E-state index < -0.39 is 5.91 Å². The fourth-order valence-electron chi connectivity index (χ4n) is 1.81. The van der Waals surface area contributed by atoms with Crippen LogP contribution >= 0.6 is 11.3 Å². The van der Waals surface area contributed by atoms with Crippen molar-refractivity contribution in [2.75, 3.05) is 18.5 Å². The van der Waals surface area contributed by atoms with Gasteiger partial charge in [0.1, 0.15) is 0 Å². The second-order valence-corrected chi connectivity index (χ2v) is 5.38. The van der Waals surface area contributed by atoms with Gasteiger partial charge < -0.3 is 10.2 Å². The van der Waals surface area contributed by atoms with Crippen LogP contribution in [-0.2, 0) is 14.4 Å². The molecule has 0 bridgehead atoms. The number of carbonyl (C=O) groups is 2. The highest BCUT2D eigenvalue weighted by molar-refractivity contribution is 7.14. The molecule has 2 aromatic rings. The minimum Gasteiger partial charge on any atom is -0.345 e. The average molecular weight is 328 g/mol. The third kappa shape index (κ3) is 4.33. The molecule has 0 aliphatic rings. The molecule has 117 valence electrons. The number of likely N-dealkylation sites (N-methyl/N-ethyl adjacent to an activating group) is 1. The summed E-state index contributed by atoms with van der Waals surface area (Å²) < 4.78 is 0. The van der Waals surface area contributed by atoms with Gasteiger partial charge in [0, 0.05) is 19.3 Å². The second-order valence-electron chi connectivity index (χ2n) is 4.45. The van der Waals surface area contributed by atoms with Gasteiger partial charge in [-0.25, -0.2) is 0 Å². The normalized spacial score (nSPS) is 10.9. The van der Waals surface area contributed by atoms with Crippen molar-refractivity contribution in [1.82, 2.24) is 10.3 Å². The molecule has 0 aromatic carbocycles. The lowest BCUT2D eigenvalue weighted by Crippen LogP contribution is -2.29. The first-order valence-electron chi connectivity index (χ1n) is 6.71. The summed E-state index contributed by atoms with van der Waals surface area (Å²) in [6.07, 6.45) is 4.25. The van der Waals surface area contributed by atoms with Crippen LogP contribution in [0.1, 0.15) is 5.69 Å². The van der Waals surface area contributed by atoms with E-state index in [1.54, 1.807) is 43.8 Å². The monoisotopic (exact) mass is 328 g/mol. The lowest BCUT2D eigenvalue weighted by molar-refractivity contribution is -0.117. The zero-order valence-electron chi connectivity index (χ0n) is 12.4. The van der Waals surface area contributed by atoms with Crippen LogP contribution in [-0.4, -0.2) is 36.7 Å². The smallest absolute Gasteiger partial charge is 0.261 e. The number of anilines is 1. The molecule has 0 aliphatic heterocycles. The topological polar surface area (TPSA) is 79.4 Å². The molecule has 0 saturated heterocycles. The summed E-state index contributed by atoms with van der Waals surface area (Å²) >= 11 is 1.41. The number of amides is 2. The van der Waals surface area contributed by atoms with Crippen molar-refractivity contribution in [3.05, 3.63) is 53.7 Å². The minimum absolute atomic E-state index is 0.143. The van der Waals surface area contributed by atoms with Crippen molar-refractivity contribution in [3.63, 3.8) is 0 Å². The number of nitrogens with one attached hydrogen (secondary N) is 1. The zero-order valence-corrected chi connectivity index (χ0v) is 13.2. The third-order valence-electron chi connectivity index (χ3n) is 2.92. The number of thiophene rings is 1. The summed E-state index contributed by atoms with van der Waals surface area (Å²) in [4.78, 5) is 40.3. The van der Waals surface area contributed by atoms with Gasteiger partial charge in [0.05, 0.1) is 22.8 Å². The van der Waals surface area contributed by atoms with E-state index in [1.807, 2.05) is 11.4 Å². The molecule has 7 heteroatoms. The average Bonchev–Trinajstić information content (AvgIpc) is 3.12. The number of pyridine rings is 1. The molecular weight excluding hydrogens is 314 g/mol. The first-order chi connectivity index (χ1) is 11.1. The standard InChI is InChI=1S/C16H14N3O3S/c1-19(15-6-4-10-23-15)16(22)12(11-14(21)18-8-9-20)13-5-2-3-7-17-13/h2-7,10-11H,8H2,1H3,(H,18,21). The Balaban J connectivity index is 2.33.